The number of carbonyl (C=O) groups is 1. The van der Waals surface area contributed by atoms with E-state index in [1.807, 2.05) is 24.0 Å². The van der Waals surface area contributed by atoms with Gasteiger partial charge in [-0.25, -0.2) is 0 Å². The third-order valence-corrected chi connectivity index (χ3v) is 5.18. The van der Waals surface area contributed by atoms with Gasteiger partial charge in [-0.2, -0.15) is 5.10 Å². The quantitative estimate of drug-likeness (QED) is 0.852. The first-order valence-corrected chi connectivity index (χ1v) is 8.48. The van der Waals surface area contributed by atoms with Gasteiger partial charge in [0.05, 0.1) is 12.3 Å². The van der Waals surface area contributed by atoms with E-state index in [9.17, 15) is 4.79 Å². The second kappa shape index (κ2) is 6.32. The zero-order valence-corrected chi connectivity index (χ0v) is 13.8. The summed E-state index contributed by atoms with van der Waals surface area (Å²) in [5.74, 6) is 0.653. The van der Waals surface area contributed by atoms with Crippen molar-refractivity contribution in [2.75, 3.05) is 19.8 Å². The van der Waals surface area contributed by atoms with Crippen molar-refractivity contribution in [3.8, 4) is 0 Å². The van der Waals surface area contributed by atoms with Crippen molar-refractivity contribution in [2.24, 2.45) is 5.92 Å². The third-order valence-electron chi connectivity index (χ3n) is 5.18. The molecule has 0 N–H and O–H groups in total. The Morgan fingerprint density at radius 3 is 2.75 bits per heavy atom. The van der Waals surface area contributed by atoms with Gasteiger partial charge >= 0.3 is 0 Å². The number of rotatable bonds is 2. The normalized spacial score (nSPS) is 26.2. The number of fused-ring (bicyclic) bond motifs is 1. The van der Waals surface area contributed by atoms with Crippen LogP contribution in [0.5, 0.6) is 0 Å². The van der Waals surface area contributed by atoms with Crippen molar-refractivity contribution in [3.05, 3.63) is 59.4 Å². The number of aromatic nitrogens is 2. The Hall–Kier alpha value is -2.27. The van der Waals surface area contributed by atoms with Gasteiger partial charge in [-0.3, -0.25) is 4.79 Å². The molecule has 0 aliphatic carbocycles. The highest BCUT2D eigenvalue weighted by atomic mass is 16.5. The number of hydrogen-bond donors (Lipinski definition) is 0. The van der Waals surface area contributed by atoms with E-state index >= 15 is 0 Å². The molecule has 1 aromatic carbocycles. The molecule has 0 saturated carbocycles. The lowest BCUT2D eigenvalue weighted by Crippen LogP contribution is -2.42. The average molecular weight is 323 g/mol. The van der Waals surface area contributed by atoms with E-state index in [1.54, 1.807) is 6.07 Å². The SMILES string of the molecule is Cc1ccc(C(=O)N2CC(c3ccccc3)C3COCCC32)nn1. The number of benzene rings is 1. The highest BCUT2D eigenvalue weighted by Gasteiger charge is 2.46. The lowest BCUT2D eigenvalue weighted by atomic mass is 9.84. The van der Waals surface area contributed by atoms with Crippen molar-refractivity contribution in [2.45, 2.75) is 25.3 Å². The third kappa shape index (κ3) is 2.69. The largest absolute Gasteiger partial charge is 0.381 e. The summed E-state index contributed by atoms with van der Waals surface area (Å²) in [7, 11) is 0. The maximum Gasteiger partial charge on any atom is 0.274 e. The molecule has 3 unspecified atom stereocenters. The summed E-state index contributed by atoms with van der Waals surface area (Å²) in [6.45, 7) is 4.02. The van der Waals surface area contributed by atoms with E-state index < -0.39 is 0 Å². The van der Waals surface area contributed by atoms with Crippen LogP contribution in [0, 0.1) is 12.8 Å². The van der Waals surface area contributed by atoms with Gasteiger partial charge in [-0.15, -0.1) is 5.10 Å². The lowest BCUT2D eigenvalue weighted by molar-refractivity contribution is 0.0186. The molecule has 5 nitrogen and oxygen atoms in total. The minimum absolute atomic E-state index is 0.0159. The molecule has 1 aromatic heterocycles. The summed E-state index contributed by atoms with van der Waals surface area (Å²) in [6, 6.07) is 14.3. The van der Waals surface area contributed by atoms with Crippen molar-refractivity contribution in [1.82, 2.24) is 15.1 Å². The Bertz CT molecular complexity index is 717. The average Bonchev–Trinajstić information content (AvgIpc) is 3.02. The van der Waals surface area contributed by atoms with Gasteiger partial charge in [-0.1, -0.05) is 30.3 Å². The molecule has 2 saturated heterocycles. The van der Waals surface area contributed by atoms with Crippen molar-refractivity contribution < 1.29 is 9.53 Å². The number of nitrogens with zero attached hydrogens (tertiary/aromatic N) is 3. The van der Waals surface area contributed by atoms with Crippen LogP contribution in [0.15, 0.2) is 42.5 Å². The van der Waals surface area contributed by atoms with Crippen molar-refractivity contribution >= 4 is 5.91 Å². The van der Waals surface area contributed by atoms with E-state index in [-0.39, 0.29) is 11.9 Å². The summed E-state index contributed by atoms with van der Waals surface area (Å²) in [4.78, 5) is 15.0. The summed E-state index contributed by atoms with van der Waals surface area (Å²) in [5.41, 5.74) is 2.53. The van der Waals surface area contributed by atoms with Crippen LogP contribution in [0.4, 0.5) is 0 Å². The molecule has 0 bridgehead atoms. The predicted molar refractivity (Wildman–Crippen MR) is 89.7 cm³/mol. The molecule has 1 amide bonds. The molecule has 4 rings (SSSR count). The van der Waals surface area contributed by atoms with Crippen LogP contribution in [0.3, 0.4) is 0 Å². The van der Waals surface area contributed by atoms with Gasteiger partial charge in [0.15, 0.2) is 5.69 Å². The van der Waals surface area contributed by atoms with Crippen molar-refractivity contribution in [3.63, 3.8) is 0 Å². The highest BCUT2D eigenvalue weighted by molar-refractivity contribution is 5.92. The monoisotopic (exact) mass is 323 g/mol. The molecule has 5 heteroatoms. The molecule has 2 aliphatic heterocycles. The first-order chi connectivity index (χ1) is 11.7. The van der Waals surface area contributed by atoms with Crippen LogP contribution in [0.2, 0.25) is 0 Å². The maximum absolute atomic E-state index is 13.0. The summed E-state index contributed by atoms with van der Waals surface area (Å²) < 4.78 is 5.72. The molecule has 0 spiro atoms. The number of likely N-dealkylation sites (tertiary alicyclic amines) is 1. The van der Waals surface area contributed by atoms with E-state index in [4.69, 9.17) is 4.74 Å². The predicted octanol–water partition coefficient (Wildman–Crippen LogP) is 2.43. The van der Waals surface area contributed by atoms with Gasteiger partial charge in [0, 0.05) is 31.0 Å². The molecule has 2 fully saturated rings. The first-order valence-electron chi connectivity index (χ1n) is 8.48. The second-order valence-electron chi connectivity index (χ2n) is 6.63. The molecular weight excluding hydrogens is 302 g/mol. The van der Waals surface area contributed by atoms with Gasteiger partial charge in [-0.05, 0) is 31.0 Å². The lowest BCUT2D eigenvalue weighted by Gasteiger charge is -2.32. The number of ether oxygens (including phenoxy) is 1. The zero-order chi connectivity index (χ0) is 16.5. The fraction of sp³-hybridized carbons (Fsp3) is 0.421. The standard InChI is InChI=1S/C19H21N3O2/c1-13-7-8-17(21-20-13)19(23)22-11-15(14-5-3-2-4-6-14)16-12-24-10-9-18(16)22/h2-8,15-16,18H,9-12H2,1H3. The minimum Gasteiger partial charge on any atom is -0.381 e. The van der Waals surface area contributed by atoms with Crippen LogP contribution in [0.25, 0.3) is 0 Å². The Labute approximate surface area is 141 Å². The molecule has 124 valence electrons. The Morgan fingerprint density at radius 1 is 1.17 bits per heavy atom. The number of aryl methyl sites for hydroxylation is 1. The van der Waals surface area contributed by atoms with E-state index in [2.05, 4.69) is 34.5 Å². The highest BCUT2D eigenvalue weighted by Crippen LogP contribution is 2.41. The fourth-order valence-electron chi connectivity index (χ4n) is 3.95. The van der Waals surface area contributed by atoms with Crippen LogP contribution >= 0.6 is 0 Å². The molecule has 2 aromatic rings. The fourth-order valence-corrected chi connectivity index (χ4v) is 3.95. The molecular formula is C19H21N3O2. The van der Waals surface area contributed by atoms with Crippen LogP contribution in [0.1, 0.15) is 34.1 Å². The second-order valence-corrected chi connectivity index (χ2v) is 6.63. The molecule has 3 atom stereocenters. The Balaban J connectivity index is 1.63. The Kier molecular flexibility index (Phi) is 4.02. The first kappa shape index (κ1) is 15.3. The van der Waals surface area contributed by atoms with Crippen LogP contribution < -0.4 is 0 Å². The van der Waals surface area contributed by atoms with E-state index in [0.29, 0.717) is 30.7 Å². The summed E-state index contributed by atoms with van der Waals surface area (Å²) >= 11 is 0. The van der Waals surface area contributed by atoms with Gasteiger partial charge < -0.3 is 9.64 Å². The minimum atomic E-state index is -0.0159. The number of hydrogen-bond acceptors (Lipinski definition) is 4. The summed E-state index contributed by atoms with van der Waals surface area (Å²) in [5, 5.41) is 8.12. The van der Waals surface area contributed by atoms with Crippen molar-refractivity contribution in [1.29, 1.82) is 0 Å². The topological polar surface area (TPSA) is 55.3 Å². The number of carbonyl (C=O) groups excluding carboxylic acids is 1. The van der Waals surface area contributed by atoms with Gasteiger partial charge in [0.1, 0.15) is 0 Å². The van der Waals surface area contributed by atoms with E-state index in [1.165, 1.54) is 5.56 Å². The smallest absolute Gasteiger partial charge is 0.274 e. The molecule has 0 radical (unpaired) electrons. The Morgan fingerprint density at radius 2 is 2.00 bits per heavy atom. The molecule has 3 heterocycles. The zero-order valence-electron chi connectivity index (χ0n) is 13.8. The molecule has 2 aliphatic rings. The molecule has 24 heavy (non-hydrogen) atoms. The maximum atomic E-state index is 13.0. The van der Waals surface area contributed by atoms with Gasteiger partial charge in [0.2, 0.25) is 0 Å². The summed E-state index contributed by atoms with van der Waals surface area (Å²) in [6.07, 6.45) is 0.888. The van der Waals surface area contributed by atoms with Crippen LogP contribution in [-0.4, -0.2) is 46.8 Å². The van der Waals surface area contributed by atoms with E-state index in [0.717, 1.165) is 18.7 Å². The van der Waals surface area contributed by atoms with Crippen LogP contribution in [-0.2, 0) is 4.74 Å². The number of amides is 1. The van der Waals surface area contributed by atoms with Gasteiger partial charge in [0.25, 0.3) is 5.91 Å².